The second-order valence-electron chi connectivity index (χ2n) is 6.84. The fourth-order valence-corrected chi connectivity index (χ4v) is 3.33. The van der Waals surface area contributed by atoms with E-state index in [0.29, 0.717) is 5.56 Å². The van der Waals surface area contributed by atoms with Crippen LogP contribution in [0.15, 0.2) is 53.3 Å². The lowest BCUT2D eigenvalue weighted by Gasteiger charge is -2.13. The molecule has 0 saturated carbocycles. The molecule has 0 spiro atoms. The molecule has 1 heterocycles. The smallest absolute Gasteiger partial charge is 0.416 e. The maximum Gasteiger partial charge on any atom is 0.416 e. The van der Waals surface area contributed by atoms with Crippen molar-refractivity contribution in [3.63, 3.8) is 0 Å². The number of fused-ring (bicyclic) bond motifs is 1. The molecule has 0 fully saturated rings. The normalized spacial score (nSPS) is 11.9. The van der Waals surface area contributed by atoms with Crippen molar-refractivity contribution in [2.45, 2.75) is 13.1 Å². The number of rotatable bonds is 2. The van der Waals surface area contributed by atoms with Crippen LogP contribution in [0.1, 0.15) is 11.1 Å². The Balaban J connectivity index is 1.97. The van der Waals surface area contributed by atoms with Gasteiger partial charge in [-0.15, -0.1) is 0 Å². The quantitative estimate of drug-likeness (QED) is 0.407. The molecule has 4 rings (SSSR count). The second kappa shape index (κ2) is 6.65. The number of aromatic amines is 1. The van der Waals surface area contributed by atoms with Gasteiger partial charge in [0.1, 0.15) is 17.3 Å². The van der Waals surface area contributed by atoms with Crippen LogP contribution in [-0.4, -0.2) is 19.8 Å². The molecule has 0 atom stereocenters. The first-order chi connectivity index (χ1) is 14.1. The van der Waals surface area contributed by atoms with Crippen LogP contribution in [0.2, 0.25) is 0 Å². The summed E-state index contributed by atoms with van der Waals surface area (Å²) in [4.78, 5) is 14.8. The number of phenols is 2. The minimum absolute atomic E-state index is 0.0113. The Morgan fingerprint density at radius 1 is 0.933 bits per heavy atom. The number of alkyl halides is 3. The molecule has 0 bridgehead atoms. The van der Waals surface area contributed by atoms with Gasteiger partial charge in [-0.05, 0) is 43.3 Å². The second-order valence-corrected chi connectivity index (χ2v) is 6.84. The van der Waals surface area contributed by atoms with Crippen molar-refractivity contribution in [2.75, 3.05) is 0 Å². The number of aryl methyl sites for hydroxylation is 1. The first-order valence-corrected chi connectivity index (χ1v) is 8.71. The van der Waals surface area contributed by atoms with Crippen LogP contribution in [0.25, 0.3) is 27.8 Å². The summed E-state index contributed by atoms with van der Waals surface area (Å²) >= 11 is 0. The maximum atomic E-state index is 14.3. The van der Waals surface area contributed by atoms with Gasteiger partial charge in [-0.25, -0.2) is 9.18 Å². The lowest BCUT2D eigenvalue weighted by molar-refractivity contribution is -0.137. The lowest BCUT2D eigenvalue weighted by atomic mass is 10.0. The Morgan fingerprint density at radius 3 is 2.37 bits per heavy atom. The third-order valence-corrected chi connectivity index (χ3v) is 4.76. The fourth-order valence-electron chi connectivity index (χ4n) is 3.33. The van der Waals surface area contributed by atoms with Crippen LogP contribution in [0.4, 0.5) is 17.6 Å². The van der Waals surface area contributed by atoms with Gasteiger partial charge in [0.15, 0.2) is 0 Å². The first-order valence-electron chi connectivity index (χ1n) is 8.71. The van der Waals surface area contributed by atoms with E-state index in [1.54, 1.807) is 13.0 Å². The third kappa shape index (κ3) is 3.18. The number of nitrogens with zero attached hydrogens (tertiary/aromatic N) is 1. The monoisotopic (exact) mass is 418 g/mol. The molecule has 3 aromatic carbocycles. The van der Waals surface area contributed by atoms with Gasteiger partial charge in [0.25, 0.3) is 0 Å². The van der Waals surface area contributed by atoms with Gasteiger partial charge >= 0.3 is 11.9 Å². The van der Waals surface area contributed by atoms with E-state index >= 15 is 0 Å². The van der Waals surface area contributed by atoms with Crippen molar-refractivity contribution in [1.29, 1.82) is 0 Å². The van der Waals surface area contributed by atoms with Crippen LogP contribution in [-0.2, 0) is 6.18 Å². The molecular weight excluding hydrogens is 404 g/mol. The van der Waals surface area contributed by atoms with Crippen molar-refractivity contribution in [1.82, 2.24) is 9.55 Å². The summed E-state index contributed by atoms with van der Waals surface area (Å²) in [7, 11) is 0. The predicted octanol–water partition coefficient (Wildman–Crippen LogP) is 4.86. The van der Waals surface area contributed by atoms with Crippen molar-refractivity contribution in [3.8, 4) is 28.3 Å². The van der Waals surface area contributed by atoms with E-state index in [9.17, 15) is 32.6 Å². The Labute approximate surface area is 166 Å². The Kier molecular flexibility index (Phi) is 4.34. The van der Waals surface area contributed by atoms with Gasteiger partial charge in [0.05, 0.1) is 22.3 Å². The average molecular weight is 418 g/mol. The van der Waals surface area contributed by atoms with E-state index in [1.165, 1.54) is 18.2 Å². The number of benzene rings is 3. The number of aromatic nitrogens is 2. The number of imidazole rings is 1. The van der Waals surface area contributed by atoms with Gasteiger partial charge in [-0.1, -0.05) is 11.6 Å². The predicted molar refractivity (Wildman–Crippen MR) is 102 cm³/mol. The highest BCUT2D eigenvalue weighted by molar-refractivity contribution is 5.81. The minimum atomic E-state index is -4.59. The summed E-state index contributed by atoms with van der Waals surface area (Å²) in [5, 5.41) is 20.6. The van der Waals surface area contributed by atoms with E-state index in [2.05, 4.69) is 4.98 Å². The van der Waals surface area contributed by atoms with Crippen molar-refractivity contribution in [2.24, 2.45) is 0 Å². The molecule has 5 nitrogen and oxygen atoms in total. The highest BCUT2D eigenvalue weighted by Gasteiger charge is 2.31. The van der Waals surface area contributed by atoms with Gasteiger partial charge < -0.3 is 15.2 Å². The van der Waals surface area contributed by atoms with E-state index in [0.717, 1.165) is 28.8 Å². The number of hydrogen-bond acceptors (Lipinski definition) is 3. The van der Waals surface area contributed by atoms with Crippen molar-refractivity contribution in [3.05, 3.63) is 76.0 Å². The molecule has 0 aliphatic carbocycles. The van der Waals surface area contributed by atoms with Crippen molar-refractivity contribution >= 4 is 11.0 Å². The van der Waals surface area contributed by atoms with E-state index < -0.39 is 34.7 Å². The van der Waals surface area contributed by atoms with Crippen LogP contribution in [0.5, 0.6) is 11.5 Å². The number of H-pyrrole nitrogens is 1. The number of aromatic hydroxyl groups is 2. The summed E-state index contributed by atoms with van der Waals surface area (Å²) in [6, 6.07) is 9.08. The zero-order chi connectivity index (χ0) is 21.8. The van der Waals surface area contributed by atoms with Crippen LogP contribution >= 0.6 is 0 Å². The molecule has 9 heteroatoms. The van der Waals surface area contributed by atoms with E-state index in [1.807, 2.05) is 0 Å². The standard InChI is InChI=1S/C21H14F4N2O3/c1-10-2-4-14(22)12(6-10)13-8-17(19(29)9-18(13)28)27-16-5-3-11(21(23,24)25)7-15(16)26-20(27)30/h2-9,28-29H,1H3,(H,26,30). The highest BCUT2D eigenvalue weighted by atomic mass is 19.4. The highest BCUT2D eigenvalue weighted by Crippen LogP contribution is 2.39. The zero-order valence-corrected chi connectivity index (χ0v) is 15.4. The fraction of sp³-hybridized carbons (Fsp3) is 0.0952. The number of halogens is 4. The first kappa shape index (κ1) is 19.6. The van der Waals surface area contributed by atoms with Gasteiger partial charge in [-0.2, -0.15) is 13.2 Å². The molecule has 3 N–H and O–H groups in total. The molecule has 0 aliphatic rings. The SMILES string of the molecule is Cc1ccc(F)c(-c2cc(-n3c(=O)[nH]c4cc(C(F)(F)F)ccc43)c(O)cc2O)c1. The number of phenolic OH excluding ortho intramolecular Hbond substituents is 2. The number of nitrogens with one attached hydrogen (secondary N) is 1. The van der Waals surface area contributed by atoms with Crippen molar-refractivity contribution < 1.29 is 27.8 Å². The van der Waals surface area contributed by atoms with Crippen LogP contribution in [0, 0.1) is 12.7 Å². The van der Waals surface area contributed by atoms with E-state index in [4.69, 9.17) is 0 Å². The average Bonchev–Trinajstić information content (AvgIpc) is 2.98. The van der Waals surface area contributed by atoms with Gasteiger partial charge in [0.2, 0.25) is 0 Å². The maximum absolute atomic E-state index is 14.3. The number of hydrogen-bond donors (Lipinski definition) is 3. The third-order valence-electron chi connectivity index (χ3n) is 4.76. The summed E-state index contributed by atoms with van der Waals surface area (Å²) in [5.41, 5.74) is -1.13. The molecule has 154 valence electrons. The minimum Gasteiger partial charge on any atom is -0.507 e. The molecule has 1 aromatic heterocycles. The van der Waals surface area contributed by atoms with Crippen LogP contribution < -0.4 is 5.69 Å². The molecule has 0 radical (unpaired) electrons. The largest absolute Gasteiger partial charge is 0.507 e. The zero-order valence-electron chi connectivity index (χ0n) is 15.4. The van der Waals surface area contributed by atoms with Gasteiger partial charge in [-0.3, -0.25) is 4.57 Å². The molecule has 0 unspecified atom stereocenters. The summed E-state index contributed by atoms with van der Waals surface area (Å²) in [6.07, 6.45) is -4.59. The molecule has 0 amide bonds. The molecule has 0 aliphatic heterocycles. The Morgan fingerprint density at radius 2 is 1.67 bits per heavy atom. The summed E-state index contributed by atoms with van der Waals surface area (Å²) in [5.74, 6) is -1.56. The molecule has 0 saturated heterocycles. The van der Waals surface area contributed by atoms with E-state index in [-0.39, 0.29) is 27.8 Å². The van der Waals surface area contributed by atoms with Gasteiger partial charge in [0, 0.05) is 17.2 Å². The Bertz CT molecular complexity index is 1350. The molecule has 30 heavy (non-hydrogen) atoms. The summed E-state index contributed by atoms with van der Waals surface area (Å²) in [6.45, 7) is 1.73. The molecule has 4 aromatic rings. The molecular formula is C21H14F4N2O3. The topological polar surface area (TPSA) is 78.2 Å². The van der Waals surface area contributed by atoms with Crippen LogP contribution in [0.3, 0.4) is 0 Å². The lowest BCUT2D eigenvalue weighted by Crippen LogP contribution is -2.14. The Hall–Kier alpha value is -3.75. The summed E-state index contributed by atoms with van der Waals surface area (Å²) < 4.78 is 54.2.